The predicted molar refractivity (Wildman–Crippen MR) is 106 cm³/mol. The van der Waals surface area contributed by atoms with Crippen LogP contribution in [0.3, 0.4) is 0 Å². The molecule has 0 spiro atoms. The molecule has 0 bridgehead atoms. The van der Waals surface area contributed by atoms with E-state index in [1.54, 1.807) is 17.2 Å². The van der Waals surface area contributed by atoms with Crippen molar-refractivity contribution in [2.24, 2.45) is 5.41 Å². The average molecular weight is 384 g/mol. The van der Waals surface area contributed by atoms with Gasteiger partial charge < -0.3 is 19.7 Å². The lowest BCUT2D eigenvalue weighted by Crippen LogP contribution is -2.58. The molecule has 0 saturated carbocycles. The van der Waals surface area contributed by atoms with E-state index in [0.717, 1.165) is 5.56 Å². The van der Waals surface area contributed by atoms with E-state index in [0.29, 0.717) is 12.1 Å². The molecule has 0 unspecified atom stereocenters. The standard InChI is InChI=1S/C22H28N2O4/c1-21(2,3)24-12-9-17(14-24)19(26)23-11-10-18(25)22(15-23,20(27)28)13-16-7-5-4-6-8-16/h4-9,12,14,18,25H,10-11,13,15H2,1-3H3,(H,27,28)/t18-,22-/m1/s1. The lowest BCUT2D eigenvalue weighted by molar-refractivity contribution is -0.161. The van der Waals surface area contributed by atoms with Crippen molar-refractivity contribution < 1.29 is 19.8 Å². The number of hydrogen-bond acceptors (Lipinski definition) is 3. The Balaban J connectivity index is 1.86. The highest BCUT2D eigenvalue weighted by molar-refractivity contribution is 5.94. The molecule has 6 heteroatoms. The third-order valence-electron chi connectivity index (χ3n) is 5.57. The monoisotopic (exact) mass is 384 g/mol. The number of aliphatic hydroxyl groups is 1. The number of carboxylic acid groups (broad SMARTS) is 1. The molecule has 1 aromatic carbocycles. The van der Waals surface area contributed by atoms with E-state index in [-0.39, 0.29) is 30.8 Å². The van der Waals surface area contributed by atoms with E-state index in [2.05, 4.69) is 0 Å². The molecule has 1 amide bonds. The minimum Gasteiger partial charge on any atom is -0.481 e. The number of amides is 1. The molecule has 2 atom stereocenters. The Morgan fingerprint density at radius 2 is 1.86 bits per heavy atom. The van der Waals surface area contributed by atoms with Gasteiger partial charge in [0, 0.05) is 31.0 Å². The molecule has 6 nitrogen and oxygen atoms in total. The summed E-state index contributed by atoms with van der Waals surface area (Å²) < 4.78 is 1.97. The molecule has 1 saturated heterocycles. The van der Waals surface area contributed by atoms with Crippen LogP contribution >= 0.6 is 0 Å². The van der Waals surface area contributed by atoms with Crippen LogP contribution in [0.15, 0.2) is 48.8 Å². The van der Waals surface area contributed by atoms with Crippen LogP contribution in [-0.4, -0.2) is 50.8 Å². The molecule has 2 N–H and O–H groups in total. The van der Waals surface area contributed by atoms with Crippen LogP contribution in [-0.2, 0) is 16.8 Å². The molecule has 28 heavy (non-hydrogen) atoms. The first-order chi connectivity index (χ1) is 13.1. The molecule has 0 radical (unpaired) electrons. The second-order valence-electron chi connectivity index (χ2n) is 8.63. The highest BCUT2D eigenvalue weighted by atomic mass is 16.4. The quantitative estimate of drug-likeness (QED) is 0.849. The largest absolute Gasteiger partial charge is 0.481 e. The van der Waals surface area contributed by atoms with Crippen molar-refractivity contribution >= 4 is 11.9 Å². The Morgan fingerprint density at radius 3 is 2.43 bits per heavy atom. The summed E-state index contributed by atoms with van der Waals surface area (Å²) in [5.74, 6) is -1.28. The third kappa shape index (κ3) is 3.83. The maximum absolute atomic E-state index is 13.0. The summed E-state index contributed by atoms with van der Waals surface area (Å²) in [4.78, 5) is 26.8. The van der Waals surface area contributed by atoms with Crippen LogP contribution in [0.5, 0.6) is 0 Å². The summed E-state index contributed by atoms with van der Waals surface area (Å²) in [6.07, 6.45) is 3.07. The van der Waals surface area contributed by atoms with Crippen molar-refractivity contribution in [2.75, 3.05) is 13.1 Å². The number of carbonyl (C=O) groups is 2. The fraction of sp³-hybridized carbons (Fsp3) is 0.455. The molecule has 1 aliphatic heterocycles. The average Bonchev–Trinajstić information content (AvgIpc) is 3.14. The normalized spacial score (nSPS) is 22.9. The van der Waals surface area contributed by atoms with Crippen LogP contribution in [0.25, 0.3) is 0 Å². The zero-order valence-electron chi connectivity index (χ0n) is 16.6. The number of rotatable bonds is 4. The van der Waals surface area contributed by atoms with E-state index in [9.17, 15) is 19.8 Å². The Labute approximate surface area is 165 Å². The SMILES string of the molecule is CC(C)(C)n1ccc(C(=O)N2CC[C@@H](O)[C@](Cc3ccccc3)(C(=O)O)C2)c1. The molecule has 1 aliphatic rings. The first-order valence-electron chi connectivity index (χ1n) is 9.57. The maximum Gasteiger partial charge on any atom is 0.314 e. The Bertz CT molecular complexity index is 853. The molecular formula is C22H28N2O4. The second-order valence-corrected chi connectivity index (χ2v) is 8.63. The topological polar surface area (TPSA) is 82.8 Å². The number of carbonyl (C=O) groups excluding carboxylic acids is 1. The van der Waals surface area contributed by atoms with Gasteiger partial charge in [0.2, 0.25) is 0 Å². The summed E-state index contributed by atoms with van der Waals surface area (Å²) in [5.41, 5.74) is -0.196. The molecule has 1 fully saturated rings. The van der Waals surface area contributed by atoms with Crippen molar-refractivity contribution in [2.45, 2.75) is 45.3 Å². The number of aliphatic hydroxyl groups excluding tert-OH is 1. The lowest BCUT2D eigenvalue weighted by atomic mass is 9.72. The number of carboxylic acids is 1. The van der Waals surface area contributed by atoms with Gasteiger partial charge in [0.15, 0.2) is 0 Å². The van der Waals surface area contributed by atoms with E-state index in [1.807, 2.05) is 61.9 Å². The minimum atomic E-state index is -1.41. The van der Waals surface area contributed by atoms with Gasteiger partial charge in [0.05, 0.1) is 11.7 Å². The van der Waals surface area contributed by atoms with Gasteiger partial charge in [-0.25, -0.2) is 0 Å². The van der Waals surface area contributed by atoms with Crippen LogP contribution in [0, 0.1) is 5.41 Å². The number of nitrogens with zero attached hydrogens (tertiary/aromatic N) is 2. The van der Waals surface area contributed by atoms with Crippen LogP contribution in [0.4, 0.5) is 0 Å². The summed E-state index contributed by atoms with van der Waals surface area (Å²) in [6.45, 7) is 6.47. The fourth-order valence-electron chi connectivity index (χ4n) is 3.80. The highest BCUT2D eigenvalue weighted by Crippen LogP contribution is 2.35. The first kappa shape index (κ1) is 20.1. The molecule has 2 aromatic rings. The van der Waals surface area contributed by atoms with E-state index in [4.69, 9.17) is 0 Å². The van der Waals surface area contributed by atoms with Crippen molar-refractivity contribution in [1.82, 2.24) is 9.47 Å². The van der Waals surface area contributed by atoms with Crippen LogP contribution < -0.4 is 0 Å². The number of piperidine rings is 1. The van der Waals surface area contributed by atoms with Gasteiger partial charge in [-0.05, 0) is 45.2 Å². The van der Waals surface area contributed by atoms with Gasteiger partial charge in [-0.15, -0.1) is 0 Å². The molecule has 150 valence electrons. The van der Waals surface area contributed by atoms with Gasteiger partial charge >= 0.3 is 5.97 Å². The van der Waals surface area contributed by atoms with Crippen molar-refractivity contribution in [1.29, 1.82) is 0 Å². The number of aliphatic carboxylic acids is 1. The molecule has 1 aromatic heterocycles. The van der Waals surface area contributed by atoms with Crippen molar-refractivity contribution in [3.05, 3.63) is 59.9 Å². The fourth-order valence-corrected chi connectivity index (χ4v) is 3.80. The van der Waals surface area contributed by atoms with Gasteiger partial charge in [0.25, 0.3) is 5.91 Å². The van der Waals surface area contributed by atoms with Gasteiger partial charge in [0.1, 0.15) is 5.41 Å². The molecular weight excluding hydrogens is 356 g/mol. The number of benzene rings is 1. The Kier molecular flexibility index (Phi) is 5.35. The second kappa shape index (κ2) is 7.43. The van der Waals surface area contributed by atoms with E-state index in [1.165, 1.54) is 0 Å². The molecule has 0 aliphatic carbocycles. The highest BCUT2D eigenvalue weighted by Gasteiger charge is 2.50. The first-order valence-corrected chi connectivity index (χ1v) is 9.57. The van der Waals surface area contributed by atoms with Crippen molar-refractivity contribution in [3.8, 4) is 0 Å². The Morgan fingerprint density at radius 1 is 1.18 bits per heavy atom. The van der Waals surface area contributed by atoms with Crippen LogP contribution in [0.2, 0.25) is 0 Å². The van der Waals surface area contributed by atoms with Crippen LogP contribution in [0.1, 0.15) is 43.1 Å². The number of likely N-dealkylation sites (tertiary alicyclic amines) is 1. The summed E-state index contributed by atoms with van der Waals surface area (Å²) in [7, 11) is 0. The summed E-state index contributed by atoms with van der Waals surface area (Å²) >= 11 is 0. The van der Waals surface area contributed by atoms with E-state index < -0.39 is 17.5 Å². The lowest BCUT2D eigenvalue weighted by Gasteiger charge is -2.43. The summed E-state index contributed by atoms with van der Waals surface area (Å²) in [6, 6.07) is 11.0. The Hall–Kier alpha value is -2.60. The third-order valence-corrected chi connectivity index (χ3v) is 5.57. The molecule has 2 heterocycles. The number of aromatic nitrogens is 1. The zero-order chi connectivity index (χ0) is 20.5. The smallest absolute Gasteiger partial charge is 0.314 e. The van der Waals surface area contributed by atoms with Gasteiger partial charge in [-0.1, -0.05) is 30.3 Å². The maximum atomic E-state index is 13.0. The predicted octanol–water partition coefficient (Wildman–Crippen LogP) is 2.76. The minimum absolute atomic E-state index is 0.0159. The van der Waals surface area contributed by atoms with Gasteiger partial charge in [-0.2, -0.15) is 0 Å². The molecule has 3 rings (SSSR count). The summed E-state index contributed by atoms with van der Waals surface area (Å²) in [5, 5.41) is 20.6. The number of hydrogen-bond donors (Lipinski definition) is 2. The zero-order valence-corrected chi connectivity index (χ0v) is 16.6. The van der Waals surface area contributed by atoms with E-state index >= 15 is 0 Å². The van der Waals surface area contributed by atoms with Crippen molar-refractivity contribution in [3.63, 3.8) is 0 Å². The van der Waals surface area contributed by atoms with Gasteiger partial charge in [-0.3, -0.25) is 9.59 Å².